The van der Waals surface area contributed by atoms with Gasteiger partial charge in [-0.05, 0) is 37.8 Å². The summed E-state index contributed by atoms with van der Waals surface area (Å²) in [5.74, 6) is 2.13. The van der Waals surface area contributed by atoms with Crippen LogP contribution < -0.4 is 10.1 Å². The summed E-state index contributed by atoms with van der Waals surface area (Å²) in [6.45, 7) is 6.33. The number of ketones is 1. The summed E-state index contributed by atoms with van der Waals surface area (Å²) in [4.78, 5) is 16.6. The first-order chi connectivity index (χ1) is 13.9. The molecule has 0 amide bonds. The van der Waals surface area contributed by atoms with Crippen LogP contribution in [-0.4, -0.2) is 50.2 Å². The summed E-state index contributed by atoms with van der Waals surface area (Å²) in [7, 11) is 1.64. The first kappa shape index (κ1) is 21.0. The third-order valence-corrected chi connectivity index (χ3v) is 5.05. The molecule has 2 aromatic heterocycles. The van der Waals surface area contributed by atoms with Crippen molar-refractivity contribution in [3.63, 3.8) is 0 Å². The highest BCUT2D eigenvalue weighted by atomic mass is 16.5. The van der Waals surface area contributed by atoms with E-state index in [1.165, 1.54) is 0 Å². The zero-order valence-corrected chi connectivity index (χ0v) is 17.5. The number of aliphatic hydroxyl groups is 1. The van der Waals surface area contributed by atoms with Crippen molar-refractivity contribution in [2.75, 3.05) is 19.0 Å². The number of Topliss-reactive ketones (excluding diaryl/α,β-unsaturated/α-hetero) is 1. The standard InChI is InChI=1S/C21H29N5O3/c1-13(2)19(28)18(27)8-6-5-7-11-22-20-21-25-24-14(3)26(21)17-12-15(29-4)9-10-16(17)23-20/h9-10,12-13,19,28H,5-8,11H2,1-4H3,(H,22,23)/t19-/m0/s1. The molecular weight excluding hydrogens is 370 g/mol. The van der Waals surface area contributed by atoms with E-state index >= 15 is 0 Å². The van der Waals surface area contributed by atoms with E-state index in [0.717, 1.165) is 48.4 Å². The van der Waals surface area contributed by atoms with E-state index in [4.69, 9.17) is 9.72 Å². The molecule has 3 rings (SSSR count). The Morgan fingerprint density at radius 1 is 1.24 bits per heavy atom. The van der Waals surface area contributed by atoms with Gasteiger partial charge in [-0.2, -0.15) is 0 Å². The molecule has 2 heterocycles. The van der Waals surface area contributed by atoms with Gasteiger partial charge in [-0.15, -0.1) is 10.2 Å². The maximum Gasteiger partial charge on any atom is 0.204 e. The lowest BCUT2D eigenvalue weighted by molar-refractivity contribution is -0.129. The number of nitrogens with zero attached hydrogens (tertiary/aromatic N) is 4. The summed E-state index contributed by atoms with van der Waals surface area (Å²) in [5, 5.41) is 21.6. The average Bonchev–Trinajstić information content (AvgIpc) is 3.11. The third-order valence-electron chi connectivity index (χ3n) is 5.05. The number of hydrogen-bond donors (Lipinski definition) is 2. The molecule has 0 fully saturated rings. The Morgan fingerprint density at radius 3 is 2.76 bits per heavy atom. The van der Waals surface area contributed by atoms with Crippen LogP contribution in [0.15, 0.2) is 18.2 Å². The monoisotopic (exact) mass is 399 g/mol. The Bertz CT molecular complexity index is 999. The summed E-state index contributed by atoms with van der Waals surface area (Å²) < 4.78 is 7.30. The summed E-state index contributed by atoms with van der Waals surface area (Å²) in [6.07, 6.45) is 2.14. The minimum atomic E-state index is -0.849. The quantitative estimate of drug-likeness (QED) is 0.505. The fraction of sp³-hybridized carbons (Fsp3) is 0.524. The van der Waals surface area contributed by atoms with Crippen LogP contribution in [0.4, 0.5) is 5.82 Å². The van der Waals surface area contributed by atoms with Crippen molar-refractivity contribution in [3.8, 4) is 5.75 Å². The Labute approximate surface area is 170 Å². The molecule has 0 spiro atoms. The maximum absolute atomic E-state index is 11.9. The molecule has 3 aromatic rings. The van der Waals surface area contributed by atoms with Crippen molar-refractivity contribution in [1.29, 1.82) is 0 Å². The number of anilines is 1. The molecule has 0 radical (unpaired) electrons. The summed E-state index contributed by atoms with van der Waals surface area (Å²) in [5.41, 5.74) is 2.41. The van der Waals surface area contributed by atoms with Crippen LogP contribution in [0.25, 0.3) is 16.7 Å². The van der Waals surface area contributed by atoms with Gasteiger partial charge in [0.25, 0.3) is 0 Å². The van der Waals surface area contributed by atoms with Gasteiger partial charge in [0.15, 0.2) is 11.6 Å². The molecule has 0 aliphatic rings. The van der Waals surface area contributed by atoms with E-state index < -0.39 is 6.10 Å². The second-order valence-corrected chi connectivity index (χ2v) is 7.61. The number of rotatable bonds is 10. The predicted molar refractivity (Wildman–Crippen MR) is 112 cm³/mol. The van der Waals surface area contributed by atoms with Crippen LogP contribution in [0, 0.1) is 12.8 Å². The highest BCUT2D eigenvalue weighted by Gasteiger charge is 2.18. The maximum atomic E-state index is 11.9. The number of carbonyl (C=O) groups is 1. The number of methoxy groups -OCH3 is 1. The molecule has 1 atom stereocenters. The number of fused-ring (bicyclic) bond motifs is 3. The molecule has 0 aliphatic heterocycles. The van der Waals surface area contributed by atoms with Crippen molar-refractivity contribution in [1.82, 2.24) is 19.6 Å². The third kappa shape index (κ3) is 4.64. The van der Waals surface area contributed by atoms with E-state index in [1.54, 1.807) is 7.11 Å². The molecule has 8 heteroatoms. The highest BCUT2D eigenvalue weighted by molar-refractivity contribution is 5.84. The summed E-state index contributed by atoms with van der Waals surface area (Å²) in [6, 6.07) is 5.73. The summed E-state index contributed by atoms with van der Waals surface area (Å²) >= 11 is 0. The molecule has 156 valence electrons. The fourth-order valence-corrected chi connectivity index (χ4v) is 3.32. The second kappa shape index (κ2) is 9.17. The van der Waals surface area contributed by atoms with Crippen LogP contribution in [0.3, 0.4) is 0 Å². The Kier molecular flexibility index (Phi) is 6.64. The number of aryl methyl sites for hydroxylation is 1. The Balaban J connectivity index is 1.63. The number of aromatic nitrogens is 4. The van der Waals surface area contributed by atoms with Crippen molar-refractivity contribution in [2.24, 2.45) is 5.92 Å². The van der Waals surface area contributed by atoms with E-state index in [2.05, 4.69) is 15.5 Å². The van der Waals surface area contributed by atoms with Crippen molar-refractivity contribution in [3.05, 3.63) is 24.0 Å². The van der Waals surface area contributed by atoms with Crippen LogP contribution in [-0.2, 0) is 4.79 Å². The largest absolute Gasteiger partial charge is 0.497 e. The fourth-order valence-electron chi connectivity index (χ4n) is 3.32. The van der Waals surface area contributed by atoms with Crippen molar-refractivity contribution < 1.29 is 14.6 Å². The van der Waals surface area contributed by atoms with Crippen LogP contribution in [0.2, 0.25) is 0 Å². The van der Waals surface area contributed by atoms with Crippen LogP contribution >= 0.6 is 0 Å². The molecule has 0 bridgehead atoms. The average molecular weight is 399 g/mol. The lowest BCUT2D eigenvalue weighted by Gasteiger charge is -2.13. The first-order valence-electron chi connectivity index (χ1n) is 10.1. The first-order valence-corrected chi connectivity index (χ1v) is 10.1. The molecule has 8 nitrogen and oxygen atoms in total. The molecule has 29 heavy (non-hydrogen) atoms. The number of aliphatic hydroxyl groups excluding tert-OH is 1. The molecule has 0 saturated carbocycles. The Hall–Kier alpha value is -2.74. The van der Waals surface area contributed by atoms with Crippen molar-refractivity contribution >= 4 is 28.3 Å². The zero-order chi connectivity index (χ0) is 21.0. The number of nitrogens with one attached hydrogen (secondary N) is 1. The molecular formula is C21H29N5O3. The number of benzene rings is 1. The smallest absolute Gasteiger partial charge is 0.204 e. The van der Waals surface area contributed by atoms with Gasteiger partial charge in [-0.3, -0.25) is 9.20 Å². The van der Waals surface area contributed by atoms with E-state index in [0.29, 0.717) is 17.9 Å². The van der Waals surface area contributed by atoms with Gasteiger partial charge in [-0.25, -0.2) is 4.98 Å². The SMILES string of the molecule is COc1ccc2nc(NCCCCCC(=O)[C@@H](O)C(C)C)c3nnc(C)n3c2c1. The van der Waals surface area contributed by atoms with Gasteiger partial charge in [0.2, 0.25) is 5.65 Å². The molecule has 0 unspecified atom stereocenters. The highest BCUT2D eigenvalue weighted by Crippen LogP contribution is 2.25. The lowest BCUT2D eigenvalue weighted by atomic mass is 9.99. The van der Waals surface area contributed by atoms with Gasteiger partial charge in [0, 0.05) is 19.0 Å². The van der Waals surface area contributed by atoms with E-state index in [9.17, 15) is 9.90 Å². The normalized spacial score (nSPS) is 12.6. The zero-order valence-electron chi connectivity index (χ0n) is 17.5. The topological polar surface area (TPSA) is 102 Å². The van der Waals surface area contributed by atoms with Gasteiger partial charge < -0.3 is 15.2 Å². The second-order valence-electron chi connectivity index (χ2n) is 7.61. The Morgan fingerprint density at radius 2 is 2.03 bits per heavy atom. The lowest BCUT2D eigenvalue weighted by Crippen LogP contribution is -2.25. The van der Waals surface area contributed by atoms with Gasteiger partial charge in [0.05, 0.1) is 18.1 Å². The minimum Gasteiger partial charge on any atom is -0.497 e. The van der Waals surface area contributed by atoms with Gasteiger partial charge >= 0.3 is 0 Å². The number of unbranched alkanes of at least 4 members (excludes halogenated alkanes) is 2. The number of hydrogen-bond acceptors (Lipinski definition) is 7. The molecule has 0 aliphatic carbocycles. The van der Waals surface area contributed by atoms with E-state index in [1.807, 2.05) is 43.4 Å². The van der Waals surface area contributed by atoms with Gasteiger partial charge in [0.1, 0.15) is 17.7 Å². The molecule has 0 saturated heterocycles. The predicted octanol–water partition coefficient (Wildman–Crippen LogP) is 3.15. The minimum absolute atomic E-state index is 0.0304. The van der Waals surface area contributed by atoms with Crippen LogP contribution in [0.1, 0.15) is 45.4 Å². The van der Waals surface area contributed by atoms with Crippen molar-refractivity contribution in [2.45, 2.75) is 52.6 Å². The number of carbonyl (C=O) groups excluding carboxylic acids is 1. The molecule has 1 aromatic carbocycles. The number of ether oxygens (including phenoxy) is 1. The molecule has 2 N–H and O–H groups in total. The van der Waals surface area contributed by atoms with Gasteiger partial charge in [-0.1, -0.05) is 20.3 Å². The van der Waals surface area contributed by atoms with E-state index in [-0.39, 0.29) is 11.7 Å². The van der Waals surface area contributed by atoms with Crippen LogP contribution in [0.5, 0.6) is 5.75 Å².